The highest BCUT2D eigenvalue weighted by Gasteiger charge is 2.29. The van der Waals surface area contributed by atoms with Gasteiger partial charge in [0.2, 0.25) is 11.6 Å². The maximum absolute atomic E-state index is 13.0. The molecule has 1 N–H and O–H groups in total. The number of para-hydroxylation sites is 1. The van der Waals surface area contributed by atoms with E-state index in [9.17, 15) is 19.7 Å². The highest BCUT2D eigenvalue weighted by atomic mass is 16.6. The zero-order chi connectivity index (χ0) is 20.7. The molecular weight excluding hydrogens is 376 g/mol. The van der Waals surface area contributed by atoms with Gasteiger partial charge in [-0.1, -0.05) is 31.4 Å². The summed E-state index contributed by atoms with van der Waals surface area (Å²) in [6.45, 7) is 0. The van der Waals surface area contributed by atoms with Crippen LogP contribution in [0, 0.1) is 10.1 Å². The van der Waals surface area contributed by atoms with E-state index < -0.39 is 16.2 Å². The first-order valence-corrected chi connectivity index (χ1v) is 9.63. The fourth-order valence-electron chi connectivity index (χ4n) is 4.06. The molecule has 0 amide bonds. The third-order valence-electron chi connectivity index (χ3n) is 5.60. The van der Waals surface area contributed by atoms with Crippen LogP contribution < -0.4 is 16.6 Å². The van der Waals surface area contributed by atoms with Gasteiger partial charge < -0.3 is 9.73 Å². The third kappa shape index (κ3) is 3.12. The molecule has 3 aromatic rings. The molecule has 1 aliphatic carbocycles. The molecular formula is C20H22N4O5. The number of hydrogen-bond acceptors (Lipinski definition) is 6. The molecule has 2 aromatic heterocycles. The van der Waals surface area contributed by atoms with E-state index in [0.29, 0.717) is 11.4 Å². The number of fused-ring (bicyclic) bond motifs is 1. The van der Waals surface area contributed by atoms with E-state index in [0.717, 1.165) is 30.3 Å². The second-order valence-corrected chi connectivity index (χ2v) is 7.45. The first kappa shape index (κ1) is 19.0. The van der Waals surface area contributed by atoms with E-state index in [1.165, 1.54) is 31.1 Å². The first-order valence-electron chi connectivity index (χ1n) is 9.63. The average Bonchev–Trinajstić information content (AvgIpc) is 3.10. The van der Waals surface area contributed by atoms with Gasteiger partial charge in [-0.2, -0.15) is 0 Å². The molecule has 0 radical (unpaired) electrons. The lowest BCUT2D eigenvalue weighted by Crippen LogP contribution is -2.36. The molecule has 29 heavy (non-hydrogen) atoms. The molecule has 0 aliphatic heterocycles. The van der Waals surface area contributed by atoms with Crippen molar-refractivity contribution in [1.29, 1.82) is 0 Å². The van der Waals surface area contributed by atoms with Crippen LogP contribution in [0.25, 0.3) is 22.2 Å². The third-order valence-corrected chi connectivity index (χ3v) is 5.60. The van der Waals surface area contributed by atoms with E-state index in [1.807, 2.05) is 0 Å². The average molecular weight is 398 g/mol. The summed E-state index contributed by atoms with van der Waals surface area (Å²) in [5.41, 5.74) is -0.479. The summed E-state index contributed by atoms with van der Waals surface area (Å²) in [7, 11) is 2.90. The van der Waals surface area contributed by atoms with Gasteiger partial charge in [-0.3, -0.25) is 24.0 Å². The van der Waals surface area contributed by atoms with Crippen molar-refractivity contribution in [3.8, 4) is 11.1 Å². The van der Waals surface area contributed by atoms with Crippen LogP contribution in [0.2, 0.25) is 0 Å². The summed E-state index contributed by atoms with van der Waals surface area (Å²) < 4.78 is 8.19. The molecule has 0 unspecified atom stereocenters. The fraction of sp³-hybridized carbons (Fsp3) is 0.400. The highest BCUT2D eigenvalue weighted by molar-refractivity contribution is 6.01. The van der Waals surface area contributed by atoms with Crippen LogP contribution in [0.15, 0.2) is 38.3 Å². The minimum absolute atomic E-state index is 0.101. The molecule has 9 heteroatoms. The van der Waals surface area contributed by atoms with Crippen LogP contribution in [-0.2, 0) is 14.1 Å². The molecule has 0 saturated heterocycles. The number of furan rings is 1. The minimum atomic E-state index is -0.545. The van der Waals surface area contributed by atoms with Gasteiger partial charge in [-0.05, 0) is 18.9 Å². The van der Waals surface area contributed by atoms with Crippen molar-refractivity contribution in [1.82, 2.24) is 9.13 Å². The Morgan fingerprint density at radius 3 is 2.48 bits per heavy atom. The molecule has 152 valence electrons. The predicted octanol–water partition coefficient (Wildman–Crippen LogP) is 3.15. The van der Waals surface area contributed by atoms with Crippen molar-refractivity contribution in [2.24, 2.45) is 14.1 Å². The summed E-state index contributed by atoms with van der Waals surface area (Å²) in [6.07, 6.45) is 5.23. The monoisotopic (exact) mass is 398 g/mol. The maximum Gasteiger partial charge on any atom is 0.333 e. The number of hydrogen-bond donors (Lipinski definition) is 1. The van der Waals surface area contributed by atoms with Crippen LogP contribution in [-0.4, -0.2) is 20.1 Å². The normalized spacial score (nSPS) is 15.0. The zero-order valence-corrected chi connectivity index (χ0v) is 16.3. The smallest absolute Gasteiger partial charge is 0.333 e. The van der Waals surface area contributed by atoms with E-state index >= 15 is 0 Å². The highest BCUT2D eigenvalue weighted by Crippen LogP contribution is 2.41. The topological polar surface area (TPSA) is 112 Å². The van der Waals surface area contributed by atoms with Crippen LogP contribution in [0.3, 0.4) is 0 Å². The molecule has 0 bridgehead atoms. The largest absolute Gasteiger partial charge is 0.423 e. The Morgan fingerprint density at radius 2 is 1.79 bits per heavy atom. The number of aromatic nitrogens is 2. The number of anilines is 1. The number of aryl methyl sites for hydroxylation is 1. The summed E-state index contributed by atoms with van der Waals surface area (Å²) >= 11 is 0. The van der Waals surface area contributed by atoms with E-state index in [2.05, 4.69) is 5.32 Å². The number of rotatable bonds is 4. The van der Waals surface area contributed by atoms with Crippen molar-refractivity contribution in [2.45, 2.75) is 38.1 Å². The van der Waals surface area contributed by atoms with E-state index in [1.54, 1.807) is 18.2 Å². The predicted molar refractivity (Wildman–Crippen MR) is 109 cm³/mol. The van der Waals surface area contributed by atoms with Gasteiger partial charge >= 0.3 is 5.69 Å². The molecule has 1 fully saturated rings. The van der Waals surface area contributed by atoms with Crippen LogP contribution in [0.1, 0.15) is 32.1 Å². The minimum Gasteiger partial charge on any atom is -0.423 e. The van der Waals surface area contributed by atoms with Crippen molar-refractivity contribution in [3.63, 3.8) is 0 Å². The summed E-state index contributed by atoms with van der Waals surface area (Å²) in [5, 5.41) is 15.1. The van der Waals surface area contributed by atoms with Crippen molar-refractivity contribution < 1.29 is 9.34 Å². The van der Waals surface area contributed by atoms with Gasteiger partial charge in [-0.15, -0.1) is 0 Å². The van der Waals surface area contributed by atoms with Crippen LogP contribution in [0.4, 0.5) is 11.6 Å². The van der Waals surface area contributed by atoms with Gasteiger partial charge in [0.15, 0.2) is 0 Å². The zero-order valence-electron chi connectivity index (χ0n) is 16.3. The molecule has 4 rings (SSSR count). The van der Waals surface area contributed by atoms with Crippen molar-refractivity contribution >= 4 is 22.7 Å². The summed E-state index contributed by atoms with van der Waals surface area (Å²) in [4.78, 5) is 36.5. The SMILES string of the molecule is Cn1c(=O)c2c(-c3ccccc3[N+](=O)[O-])c(NC3CCCCC3)oc2n(C)c1=O. The Balaban J connectivity index is 2.05. The molecule has 0 atom stereocenters. The molecule has 9 nitrogen and oxygen atoms in total. The molecule has 1 aliphatic rings. The number of nitrogens with zero attached hydrogens (tertiary/aromatic N) is 3. The number of nitro benzene ring substituents is 1. The molecule has 2 heterocycles. The molecule has 1 saturated carbocycles. The quantitative estimate of drug-likeness (QED) is 0.534. The Kier molecular flexibility index (Phi) is 4.73. The molecule has 1 aromatic carbocycles. The Bertz CT molecular complexity index is 1210. The fourth-order valence-corrected chi connectivity index (χ4v) is 4.06. The lowest BCUT2D eigenvalue weighted by Gasteiger charge is -2.23. The van der Waals surface area contributed by atoms with Gasteiger partial charge in [0.05, 0.1) is 16.1 Å². The van der Waals surface area contributed by atoms with Gasteiger partial charge in [0.25, 0.3) is 11.2 Å². The van der Waals surface area contributed by atoms with E-state index in [-0.39, 0.29) is 28.4 Å². The van der Waals surface area contributed by atoms with Gasteiger partial charge in [0, 0.05) is 26.2 Å². The van der Waals surface area contributed by atoms with E-state index in [4.69, 9.17) is 4.42 Å². The number of benzene rings is 1. The second-order valence-electron chi connectivity index (χ2n) is 7.45. The van der Waals surface area contributed by atoms with Crippen molar-refractivity contribution in [2.75, 3.05) is 5.32 Å². The van der Waals surface area contributed by atoms with Gasteiger partial charge in [0.1, 0.15) is 5.39 Å². The second kappa shape index (κ2) is 7.23. The Hall–Kier alpha value is -3.36. The lowest BCUT2D eigenvalue weighted by molar-refractivity contribution is -0.384. The first-order chi connectivity index (χ1) is 13.9. The standard InChI is InChI=1S/C20H22N4O5/c1-22-18(25)16-15(13-10-6-7-11-14(13)24(27)28)17(21-12-8-4-3-5-9-12)29-19(16)23(2)20(22)26/h6-7,10-12,21H,3-5,8-9H2,1-2H3. The Morgan fingerprint density at radius 1 is 1.10 bits per heavy atom. The summed E-state index contributed by atoms with van der Waals surface area (Å²) in [5.74, 6) is 0.291. The molecule has 0 spiro atoms. The van der Waals surface area contributed by atoms with Crippen LogP contribution in [0.5, 0.6) is 0 Å². The Labute approximate surface area is 165 Å². The number of nitro groups is 1. The lowest BCUT2D eigenvalue weighted by atomic mass is 9.95. The van der Waals surface area contributed by atoms with Crippen molar-refractivity contribution in [3.05, 3.63) is 55.2 Å². The maximum atomic E-state index is 13.0. The number of nitrogens with one attached hydrogen (secondary N) is 1. The summed E-state index contributed by atoms with van der Waals surface area (Å²) in [6, 6.07) is 6.39. The van der Waals surface area contributed by atoms with Gasteiger partial charge in [-0.25, -0.2) is 4.79 Å². The van der Waals surface area contributed by atoms with Crippen LogP contribution >= 0.6 is 0 Å².